The number of nitrogens with one attached hydrogen (secondary N) is 1. The predicted octanol–water partition coefficient (Wildman–Crippen LogP) is 4.54. The van der Waals surface area contributed by atoms with Crippen LogP contribution in [-0.4, -0.2) is 44.2 Å². The number of rotatable bonds is 5. The van der Waals surface area contributed by atoms with E-state index in [2.05, 4.69) is 10.2 Å². The van der Waals surface area contributed by atoms with E-state index in [4.69, 9.17) is 19.2 Å². The van der Waals surface area contributed by atoms with Crippen LogP contribution in [0.1, 0.15) is 0 Å². The van der Waals surface area contributed by atoms with Crippen molar-refractivity contribution in [2.45, 2.75) is 0 Å². The molecule has 1 aliphatic rings. The summed E-state index contributed by atoms with van der Waals surface area (Å²) in [6.45, 7) is 1.62. The van der Waals surface area contributed by atoms with Gasteiger partial charge in [-0.2, -0.15) is 0 Å². The molecule has 27 heavy (non-hydrogen) atoms. The first-order valence-electron chi connectivity index (χ1n) is 8.51. The second-order valence-electron chi connectivity index (χ2n) is 6.36. The number of para-hydroxylation sites is 2. The lowest BCUT2D eigenvalue weighted by atomic mass is 10.1. The first kappa shape index (κ1) is 19.1. The van der Waals surface area contributed by atoms with Crippen molar-refractivity contribution in [3.05, 3.63) is 42.5 Å². The molecule has 0 atom stereocenters. The number of benzene rings is 2. The SMILES string of the molecule is COc1cccc2c1Oc1c(NCCN(C)C)nc3ccccc3c1O2.Cl. The fraction of sp³-hybridized carbons (Fsp3) is 0.250. The monoisotopic (exact) mass is 387 g/mol. The average Bonchev–Trinajstić information content (AvgIpc) is 2.66. The van der Waals surface area contributed by atoms with Gasteiger partial charge in [0.2, 0.25) is 11.5 Å². The second-order valence-corrected chi connectivity index (χ2v) is 6.36. The summed E-state index contributed by atoms with van der Waals surface area (Å²) < 4.78 is 17.8. The lowest BCUT2D eigenvalue weighted by Gasteiger charge is -2.25. The number of hydrogen-bond donors (Lipinski definition) is 1. The zero-order valence-electron chi connectivity index (χ0n) is 15.5. The molecule has 142 valence electrons. The number of methoxy groups -OCH3 is 1. The highest BCUT2D eigenvalue weighted by Crippen LogP contribution is 2.53. The predicted molar refractivity (Wildman–Crippen MR) is 109 cm³/mol. The highest BCUT2D eigenvalue weighted by Gasteiger charge is 2.27. The summed E-state index contributed by atoms with van der Waals surface area (Å²) >= 11 is 0. The van der Waals surface area contributed by atoms with E-state index in [1.165, 1.54) is 0 Å². The fourth-order valence-electron chi connectivity index (χ4n) is 2.93. The summed E-state index contributed by atoms with van der Waals surface area (Å²) in [5.74, 6) is 3.74. The maximum absolute atomic E-state index is 6.21. The van der Waals surface area contributed by atoms with Gasteiger partial charge < -0.3 is 24.4 Å². The number of pyridine rings is 1. The second kappa shape index (κ2) is 7.90. The molecular weight excluding hydrogens is 366 g/mol. The highest BCUT2D eigenvalue weighted by atomic mass is 35.5. The van der Waals surface area contributed by atoms with Gasteiger partial charge in [-0.3, -0.25) is 0 Å². The van der Waals surface area contributed by atoms with Crippen LogP contribution in [0.4, 0.5) is 5.82 Å². The molecule has 1 aromatic heterocycles. The zero-order chi connectivity index (χ0) is 18.1. The Balaban J connectivity index is 0.00000210. The minimum atomic E-state index is 0. The molecule has 4 rings (SSSR count). The van der Waals surface area contributed by atoms with E-state index in [0.717, 1.165) is 24.0 Å². The van der Waals surface area contributed by atoms with Gasteiger partial charge in [0.15, 0.2) is 23.1 Å². The van der Waals surface area contributed by atoms with Crippen LogP contribution in [-0.2, 0) is 0 Å². The molecule has 0 amide bonds. The lowest BCUT2D eigenvalue weighted by molar-refractivity contribution is 0.330. The topological polar surface area (TPSA) is 55.9 Å². The standard InChI is InChI=1S/C20H21N3O3.ClH/c1-23(2)12-11-21-20-19-17(13-7-4-5-8-14(13)22-20)25-16-10-6-9-15(24-3)18(16)26-19;/h4-10H,11-12H2,1-3H3,(H,21,22);1H. The number of halogens is 1. The molecule has 2 aromatic carbocycles. The van der Waals surface area contributed by atoms with Crippen LogP contribution >= 0.6 is 12.4 Å². The smallest absolute Gasteiger partial charge is 0.213 e. The number of likely N-dealkylation sites (N-methyl/N-ethyl adjacent to an activating group) is 1. The Morgan fingerprint density at radius 2 is 1.81 bits per heavy atom. The molecule has 0 spiro atoms. The van der Waals surface area contributed by atoms with E-state index in [1.54, 1.807) is 7.11 Å². The Kier molecular flexibility index (Phi) is 5.58. The van der Waals surface area contributed by atoms with Crippen LogP contribution in [0.2, 0.25) is 0 Å². The van der Waals surface area contributed by atoms with Crippen LogP contribution in [0.5, 0.6) is 28.7 Å². The Labute approximate surface area is 164 Å². The summed E-state index contributed by atoms with van der Waals surface area (Å²) in [7, 11) is 5.68. The largest absolute Gasteiger partial charge is 0.493 e. The molecule has 3 aromatic rings. The van der Waals surface area contributed by atoms with Crippen molar-refractivity contribution >= 4 is 29.1 Å². The van der Waals surface area contributed by atoms with E-state index in [0.29, 0.717) is 34.6 Å². The van der Waals surface area contributed by atoms with Crippen molar-refractivity contribution in [1.29, 1.82) is 0 Å². The number of hydrogen-bond acceptors (Lipinski definition) is 6. The number of ether oxygens (including phenoxy) is 3. The van der Waals surface area contributed by atoms with Gasteiger partial charge >= 0.3 is 0 Å². The maximum atomic E-state index is 6.21. The number of nitrogens with zero attached hydrogens (tertiary/aromatic N) is 2. The van der Waals surface area contributed by atoms with Gasteiger partial charge in [-0.1, -0.05) is 18.2 Å². The van der Waals surface area contributed by atoms with Crippen molar-refractivity contribution < 1.29 is 14.2 Å². The molecule has 1 aliphatic heterocycles. The van der Waals surface area contributed by atoms with Crippen molar-refractivity contribution in [1.82, 2.24) is 9.88 Å². The van der Waals surface area contributed by atoms with Gasteiger partial charge in [0.05, 0.1) is 12.6 Å². The third kappa shape index (κ3) is 3.59. The average molecular weight is 388 g/mol. The van der Waals surface area contributed by atoms with E-state index in [1.807, 2.05) is 56.6 Å². The van der Waals surface area contributed by atoms with Crippen LogP contribution in [0, 0.1) is 0 Å². The molecular formula is C20H22ClN3O3. The van der Waals surface area contributed by atoms with Crippen molar-refractivity contribution in [3.63, 3.8) is 0 Å². The molecule has 0 saturated heterocycles. The van der Waals surface area contributed by atoms with Gasteiger partial charge in [0.1, 0.15) is 0 Å². The number of aromatic nitrogens is 1. The quantitative estimate of drug-likeness (QED) is 0.542. The van der Waals surface area contributed by atoms with E-state index in [-0.39, 0.29) is 12.4 Å². The molecule has 0 radical (unpaired) electrons. The Morgan fingerprint density at radius 3 is 2.59 bits per heavy atom. The highest BCUT2D eigenvalue weighted by molar-refractivity contribution is 5.92. The minimum Gasteiger partial charge on any atom is -0.493 e. The third-order valence-electron chi connectivity index (χ3n) is 4.23. The fourth-order valence-corrected chi connectivity index (χ4v) is 2.93. The molecule has 7 heteroatoms. The summed E-state index contributed by atoms with van der Waals surface area (Å²) in [4.78, 5) is 6.85. The molecule has 0 unspecified atom stereocenters. The van der Waals surface area contributed by atoms with Crippen molar-refractivity contribution in [2.75, 3.05) is 39.6 Å². The molecule has 6 nitrogen and oxygen atoms in total. The molecule has 0 bridgehead atoms. The molecule has 1 N–H and O–H groups in total. The van der Waals surface area contributed by atoms with Gasteiger partial charge in [0.25, 0.3) is 0 Å². The first-order valence-corrected chi connectivity index (χ1v) is 8.51. The van der Waals surface area contributed by atoms with Gasteiger partial charge in [-0.25, -0.2) is 4.98 Å². The van der Waals surface area contributed by atoms with Crippen molar-refractivity contribution in [2.24, 2.45) is 0 Å². The number of anilines is 1. The van der Waals surface area contributed by atoms with Gasteiger partial charge in [-0.15, -0.1) is 12.4 Å². The van der Waals surface area contributed by atoms with E-state index >= 15 is 0 Å². The molecule has 2 heterocycles. The first-order chi connectivity index (χ1) is 12.7. The Hall–Kier alpha value is -2.70. The van der Waals surface area contributed by atoms with Gasteiger partial charge in [-0.05, 0) is 38.4 Å². The third-order valence-corrected chi connectivity index (χ3v) is 4.23. The summed E-state index contributed by atoms with van der Waals surface area (Å²) in [5, 5.41) is 4.28. The minimum absolute atomic E-state index is 0. The zero-order valence-corrected chi connectivity index (χ0v) is 16.3. The van der Waals surface area contributed by atoms with Crippen LogP contribution < -0.4 is 19.5 Å². The van der Waals surface area contributed by atoms with Crippen molar-refractivity contribution in [3.8, 4) is 28.7 Å². The van der Waals surface area contributed by atoms with Gasteiger partial charge in [0, 0.05) is 18.5 Å². The van der Waals surface area contributed by atoms with E-state index in [9.17, 15) is 0 Å². The van der Waals surface area contributed by atoms with Crippen LogP contribution in [0.15, 0.2) is 42.5 Å². The summed E-state index contributed by atoms with van der Waals surface area (Å²) in [6, 6.07) is 13.5. The molecule has 0 aliphatic carbocycles. The Morgan fingerprint density at radius 1 is 1.00 bits per heavy atom. The Bertz CT molecular complexity index is 963. The summed E-state index contributed by atoms with van der Waals surface area (Å²) in [6.07, 6.45) is 0. The van der Waals surface area contributed by atoms with Crippen LogP contribution in [0.3, 0.4) is 0 Å². The van der Waals surface area contributed by atoms with E-state index < -0.39 is 0 Å². The van der Waals surface area contributed by atoms with Crippen LogP contribution in [0.25, 0.3) is 10.9 Å². The number of fused-ring (bicyclic) bond motifs is 4. The molecule has 0 fully saturated rings. The normalized spacial score (nSPS) is 11.7. The lowest BCUT2D eigenvalue weighted by Crippen LogP contribution is -2.21. The summed E-state index contributed by atoms with van der Waals surface area (Å²) in [5.41, 5.74) is 0.855. The maximum Gasteiger partial charge on any atom is 0.213 e. The molecule has 0 saturated carbocycles.